The summed E-state index contributed by atoms with van der Waals surface area (Å²) in [5.74, 6) is 0. The Morgan fingerprint density at radius 1 is 1.21 bits per heavy atom. The van der Waals surface area contributed by atoms with E-state index in [0.29, 0.717) is 0 Å². The van der Waals surface area contributed by atoms with E-state index in [1.54, 1.807) is 0 Å². The molecule has 0 spiro atoms. The fraction of sp³-hybridized carbons (Fsp3) is 0.625. The molecule has 0 aromatic heterocycles. The fourth-order valence-electron chi connectivity index (χ4n) is 2.82. The van der Waals surface area contributed by atoms with Gasteiger partial charge in [-0.05, 0) is 18.1 Å². The number of benzene rings is 1. The molecule has 0 amide bonds. The van der Waals surface area contributed by atoms with Crippen LogP contribution in [0.1, 0.15) is 25.0 Å². The zero-order valence-corrected chi connectivity index (χ0v) is 12.5. The maximum absolute atomic E-state index is 3.62. The standard InChI is InChI=1S/C16H27N3/c1-14-6-4-5-7-15(14)16(2,3)12-18-13-19-10-8-17-9-11-19/h4-7,17-18H,8-13H2,1-3H3. The highest BCUT2D eigenvalue weighted by Gasteiger charge is 2.22. The van der Waals surface area contributed by atoms with Crippen molar-refractivity contribution in [2.24, 2.45) is 0 Å². The van der Waals surface area contributed by atoms with E-state index >= 15 is 0 Å². The summed E-state index contributed by atoms with van der Waals surface area (Å²) in [6.45, 7) is 13.4. The van der Waals surface area contributed by atoms with Gasteiger partial charge in [0, 0.05) is 44.8 Å². The van der Waals surface area contributed by atoms with Gasteiger partial charge in [0.1, 0.15) is 0 Å². The van der Waals surface area contributed by atoms with E-state index in [1.807, 2.05) is 0 Å². The van der Waals surface area contributed by atoms with Crippen molar-refractivity contribution in [3.05, 3.63) is 35.4 Å². The van der Waals surface area contributed by atoms with Crippen LogP contribution >= 0.6 is 0 Å². The summed E-state index contributed by atoms with van der Waals surface area (Å²) < 4.78 is 0. The van der Waals surface area contributed by atoms with Gasteiger partial charge >= 0.3 is 0 Å². The minimum absolute atomic E-state index is 0.180. The minimum Gasteiger partial charge on any atom is -0.314 e. The van der Waals surface area contributed by atoms with Gasteiger partial charge in [-0.3, -0.25) is 4.90 Å². The second kappa shape index (κ2) is 6.51. The summed E-state index contributed by atoms with van der Waals surface area (Å²) in [7, 11) is 0. The Labute approximate surface area is 117 Å². The molecule has 0 unspecified atom stereocenters. The van der Waals surface area contributed by atoms with Crippen LogP contribution in [0.3, 0.4) is 0 Å². The molecule has 106 valence electrons. The summed E-state index contributed by atoms with van der Waals surface area (Å²) in [6, 6.07) is 8.71. The van der Waals surface area contributed by atoms with Gasteiger partial charge in [0.25, 0.3) is 0 Å². The van der Waals surface area contributed by atoms with Crippen molar-refractivity contribution in [3.8, 4) is 0 Å². The summed E-state index contributed by atoms with van der Waals surface area (Å²) in [4.78, 5) is 2.48. The van der Waals surface area contributed by atoms with Crippen LogP contribution in [0.2, 0.25) is 0 Å². The molecule has 1 aliphatic heterocycles. The zero-order chi connectivity index (χ0) is 13.7. The normalized spacial score (nSPS) is 17.6. The smallest absolute Gasteiger partial charge is 0.0481 e. The van der Waals surface area contributed by atoms with Crippen LogP contribution in [0, 0.1) is 6.92 Å². The molecule has 19 heavy (non-hydrogen) atoms. The van der Waals surface area contributed by atoms with Crippen molar-refractivity contribution in [1.29, 1.82) is 0 Å². The van der Waals surface area contributed by atoms with Crippen LogP contribution < -0.4 is 10.6 Å². The molecule has 1 fully saturated rings. The Morgan fingerprint density at radius 2 is 1.89 bits per heavy atom. The van der Waals surface area contributed by atoms with E-state index < -0.39 is 0 Å². The van der Waals surface area contributed by atoms with Gasteiger partial charge in [-0.2, -0.15) is 0 Å². The third kappa shape index (κ3) is 4.03. The second-order valence-electron chi connectivity index (χ2n) is 6.15. The van der Waals surface area contributed by atoms with Crippen molar-refractivity contribution < 1.29 is 0 Å². The number of aryl methyl sites for hydroxylation is 1. The molecule has 2 N–H and O–H groups in total. The molecule has 1 aromatic rings. The van der Waals surface area contributed by atoms with Gasteiger partial charge in [-0.1, -0.05) is 38.1 Å². The Morgan fingerprint density at radius 3 is 2.58 bits per heavy atom. The number of piperazine rings is 1. The number of nitrogens with zero attached hydrogens (tertiary/aromatic N) is 1. The molecule has 0 atom stereocenters. The van der Waals surface area contributed by atoms with Crippen LogP contribution in [0.15, 0.2) is 24.3 Å². The van der Waals surface area contributed by atoms with E-state index in [1.165, 1.54) is 11.1 Å². The van der Waals surface area contributed by atoms with Gasteiger partial charge in [0.05, 0.1) is 0 Å². The van der Waals surface area contributed by atoms with Gasteiger partial charge in [-0.15, -0.1) is 0 Å². The van der Waals surface area contributed by atoms with Crippen molar-refractivity contribution in [2.45, 2.75) is 26.2 Å². The van der Waals surface area contributed by atoms with Crippen LogP contribution in [-0.4, -0.2) is 44.3 Å². The third-order valence-corrected chi connectivity index (χ3v) is 3.99. The first-order valence-electron chi connectivity index (χ1n) is 7.29. The lowest BCUT2D eigenvalue weighted by atomic mass is 9.82. The first-order chi connectivity index (χ1) is 9.09. The molecule has 0 bridgehead atoms. The Hall–Kier alpha value is -0.900. The lowest BCUT2D eigenvalue weighted by Gasteiger charge is -2.31. The lowest BCUT2D eigenvalue weighted by molar-refractivity contribution is 0.217. The molecule has 1 aliphatic rings. The van der Waals surface area contributed by atoms with Gasteiger partial charge in [0.2, 0.25) is 0 Å². The third-order valence-electron chi connectivity index (χ3n) is 3.99. The first-order valence-corrected chi connectivity index (χ1v) is 7.29. The second-order valence-corrected chi connectivity index (χ2v) is 6.15. The Balaban J connectivity index is 1.85. The fourth-order valence-corrected chi connectivity index (χ4v) is 2.82. The molecule has 3 heteroatoms. The van der Waals surface area contributed by atoms with Crippen LogP contribution in [0.4, 0.5) is 0 Å². The summed E-state index contributed by atoms with van der Waals surface area (Å²) in [5.41, 5.74) is 3.01. The number of nitrogens with one attached hydrogen (secondary N) is 2. The molecular weight excluding hydrogens is 234 g/mol. The summed E-state index contributed by atoms with van der Waals surface area (Å²) in [5, 5.41) is 7.00. The molecule has 0 radical (unpaired) electrons. The number of rotatable bonds is 5. The van der Waals surface area contributed by atoms with E-state index in [9.17, 15) is 0 Å². The minimum atomic E-state index is 0.180. The van der Waals surface area contributed by atoms with Crippen molar-refractivity contribution in [1.82, 2.24) is 15.5 Å². The lowest BCUT2D eigenvalue weighted by Crippen LogP contribution is -2.48. The summed E-state index contributed by atoms with van der Waals surface area (Å²) in [6.07, 6.45) is 0. The molecule has 1 heterocycles. The van der Waals surface area contributed by atoms with E-state index in [-0.39, 0.29) is 5.41 Å². The maximum Gasteiger partial charge on any atom is 0.0481 e. The van der Waals surface area contributed by atoms with Crippen molar-refractivity contribution in [2.75, 3.05) is 39.4 Å². The number of hydrogen-bond donors (Lipinski definition) is 2. The van der Waals surface area contributed by atoms with E-state index in [0.717, 1.165) is 39.4 Å². The highest BCUT2D eigenvalue weighted by molar-refractivity contribution is 5.32. The molecule has 0 aliphatic carbocycles. The Kier molecular flexibility index (Phi) is 4.97. The summed E-state index contributed by atoms with van der Waals surface area (Å²) >= 11 is 0. The van der Waals surface area contributed by atoms with Crippen molar-refractivity contribution >= 4 is 0 Å². The molecule has 3 nitrogen and oxygen atoms in total. The average Bonchev–Trinajstić information content (AvgIpc) is 2.40. The molecule has 1 aromatic carbocycles. The van der Waals surface area contributed by atoms with Gasteiger partial charge < -0.3 is 10.6 Å². The first kappa shape index (κ1) is 14.5. The molecule has 0 saturated carbocycles. The van der Waals surface area contributed by atoms with Gasteiger partial charge in [-0.25, -0.2) is 0 Å². The molecular formula is C16H27N3. The van der Waals surface area contributed by atoms with Crippen LogP contribution in [-0.2, 0) is 5.41 Å². The average molecular weight is 261 g/mol. The highest BCUT2D eigenvalue weighted by atomic mass is 15.3. The highest BCUT2D eigenvalue weighted by Crippen LogP contribution is 2.25. The molecule has 1 saturated heterocycles. The van der Waals surface area contributed by atoms with Crippen LogP contribution in [0.5, 0.6) is 0 Å². The SMILES string of the molecule is Cc1ccccc1C(C)(C)CNCN1CCNCC1. The van der Waals surface area contributed by atoms with Gasteiger partial charge in [0.15, 0.2) is 0 Å². The van der Waals surface area contributed by atoms with E-state index in [4.69, 9.17) is 0 Å². The Bertz CT molecular complexity index is 395. The predicted molar refractivity (Wildman–Crippen MR) is 81.5 cm³/mol. The largest absolute Gasteiger partial charge is 0.314 e. The monoisotopic (exact) mass is 261 g/mol. The van der Waals surface area contributed by atoms with E-state index in [2.05, 4.69) is 60.6 Å². The topological polar surface area (TPSA) is 27.3 Å². The molecule has 2 rings (SSSR count). The maximum atomic E-state index is 3.62. The van der Waals surface area contributed by atoms with Crippen LogP contribution in [0.25, 0.3) is 0 Å². The number of hydrogen-bond acceptors (Lipinski definition) is 3. The zero-order valence-electron chi connectivity index (χ0n) is 12.5. The quantitative estimate of drug-likeness (QED) is 0.845. The predicted octanol–water partition coefficient (Wildman–Crippen LogP) is 1.72. The van der Waals surface area contributed by atoms with Crippen molar-refractivity contribution in [3.63, 3.8) is 0 Å².